The molecule has 0 atom stereocenters. The van der Waals surface area contributed by atoms with Crippen LogP contribution in [0.5, 0.6) is 0 Å². The molecule has 0 unspecified atom stereocenters. The Bertz CT molecular complexity index is 2900. The first-order chi connectivity index (χ1) is 28.4. The van der Waals surface area contributed by atoms with Crippen molar-refractivity contribution in [3.05, 3.63) is 209 Å². The van der Waals surface area contributed by atoms with E-state index in [1.807, 2.05) is 0 Å². The lowest BCUT2D eigenvalue weighted by molar-refractivity contribution is 0.660. The van der Waals surface area contributed by atoms with E-state index in [-0.39, 0.29) is 16.2 Å². The van der Waals surface area contributed by atoms with Gasteiger partial charge in [-0.3, -0.25) is 0 Å². The van der Waals surface area contributed by atoms with Crippen LogP contribution in [-0.4, -0.2) is 0 Å². The number of fused-ring (bicyclic) bond motifs is 9. The van der Waals surface area contributed by atoms with Crippen LogP contribution in [-0.2, 0) is 16.2 Å². The van der Waals surface area contributed by atoms with Gasteiger partial charge in [0.2, 0.25) is 0 Å². The van der Waals surface area contributed by atoms with Crippen molar-refractivity contribution in [3.63, 3.8) is 0 Å². The highest BCUT2D eigenvalue weighted by molar-refractivity contribution is 5.91. The van der Waals surface area contributed by atoms with E-state index in [0.717, 1.165) is 17.1 Å². The summed E-state index contributed by atoms with van der Waals surface area (Å²) >= 11 is 0. The molecule has 3 aliphatic carbocycles. The molecule has 0 N–H and O–H groups in total. The third-order valence-corrected chi connectivity index (χ3v) is 14.1. The van der Waals surface area contributed by atoms with Crippen LogP contribution in [0.4, 0.5) is 17.1 Å². The molecule has 0 spiro atoms. The quantitative estimate of drug-likeness (QED) is 0.169. The predicted molar refractivity (Wildman–Crippen MR) is 249 cm³/mol. The van der Waals surface area contributed by atoms with Crippen LogP contribution >= 0.6 is 0 Å². The topological polar surface area (TPSA) is 3.24 Å². The van der Waals surface area contributed by atoms with Gasteiger partial charge in [0.1, 0.15) is 0 Å². The Labute approximate surface area is 349 Å². The average molecular weight is 760 g/mol. The first kappa shape index (κ1) is 35.7. The Hall–Kier alpha value is -6.44. The van der Waals surface area contributed by atoms with Crippen LogP contribution in [0, 0.1) is 6.92 Å². The summed E-state index contributed by atoms with van der Waals surface area (Å²) < 4.78 is 0. The first-order valence-electron chi connectivity index (χ1n) is 21.2. The Morgan fingerprint density at radius 1 is 0.288 bits per heavy atom. The van der Waals surface area contributed by atoms with E-state index < -0.39 is 0 Å². The second-order valence-corrected chi connectivity index (χ2v) is 18.7. The molecule has 0 bridgehead atoms. The number of benzene rings is 8. The fourth-order valence-electron chi connectivity index (χ4n) is 10.8. The third kappa shape index (κ3) is 5.23. The van der Waals surface area contributed by atoms with E-state index in [1.54, 1.807) is 0 Å². The molecular weight excluding hydrogens is 711 g/mol. The lowest BCUT2D eigenvalue weighted by atomic mass is 9.81. The molecule has 8 aromatic carbocycles. The van der Waals surface area contributed by atoms with Crippen molar-refractivity contribution in [2.45, 2.75) is 64.7 Å². The molecule has 0 aromatic heterocycles. The van der Waals surface area contributed by atoms with Crippen molar-refractivity contribution in [2.24, 2.45) is 0 Å². The Kier molecular flexibility index (Phi) is 7.58. The molecule has 1 heteroatoms. The highest BCUT2D eigenvalue weighted by atomic mass is 15.1. The molecule has 8 aromatic rings. The molecule has 3 aliphatic rings. The van der Waals surface area contributed by atoms with Crippen LogP contribution in [0.2, 0.25) is 0 Å². The van der Waals surface area contributed by atoms with E-state index >= 15 is 0 Å². The van der Waals surface area contributed by atoms with Gasteiger partial charge in [0, 0.05) is 33.3 Å². The number of aryl methyl sites for hydroxylation is 1. The second-order valence-electron chi connectivity index (χ2n) is 18.7. The largest absolute Gasteiger partial charge is 0.310 e. The van der Waals surface area contributed by atoms with Crippen molar-refractivity contribution < 1.29 is 0 Å². The minimum Gasteiger partial charge on any atom is -0.310 e. The SMILES string of the molecule is Cc1ccc(N(c2cc(-c3ccc4c(c3)C(C)(C)c3ccccc3-4)cc(-c3ccc4c(c3)C(C)(C)c3ccccc3-4)c2)c2ccc3c(c2)C(C)(C)c2ccccc2-3)cc1. The first-order valence-corrected chi connectivity index (χ1v) is 21.2. The minimum absolute atomic E-state index is 0.0916. The Morgan fingerprint density at radius 3 is 1.12 bits per heavy atom. The van der Waals surface area contributed by atoms with Crippen molar-refractivity contribution in [1.82, 2.24) is 0 Å². The molecule has 0 heterocycles. The highest BCUT2D eigenvalue weighted by Crippen LogP contribution is 2.54. The van der Waals surface area contributed by atoms with Crippen molar-refractivity contribution in [3.8, 4) is 55.6 Å². The molecular formula is C58H49N. The van der Waals surface area contributed by atoms with Crippen molar-refractivity contribution in [2.75, 3.05) is 4.90 Å². The number of hydrogen-bond donors (Lipinski definition) is 0. The number of nitrogens with zero attached hydrogens (tertiary/aromatic N) is 1. The van der Waals surface area contributed by atoms with Gasteiger partial charge < -0.3 is 4.90 Å². The fourth-order valence-corrected chi connectivity index (χ4v) is 10.8. The molecule has 1 nitrogen and oxygen atoms in total. The summed E-state index contributed by atoms with van der Waals surface area (Å²) in [5, 5.41) is 0. The average Bonchev–Trinajstić information content (AvgIpc) is 3.73. The summed E-state index contributed by atoms with van der Waals surface area (Å²) in [5.74, 6) is 0. The molecule has 0 aliphatic heterocycles. The molecule has 0 saturated carbocycles. The number of anilines is 3. The van der Waals surface area contributed by atoms with Gasteiger partial charge in [-0.25, -0.2) is 0 Å². The van der Waals surface area contributed by atoms with Gasteiger partial charge in [-0.05, 0) is 151 Å². The summed E-state index contributed by atoms with van der Waals surface area (Å²) in [7, 11) is 0. The standard InChI is InChI=1S/C58H49N/c1-36-20-24-41(25-21-36)59(42-26-29-49-46-16-10-13-19-52(46)58(6,7)55(49)35-42)43-31-39(37-22-27-47-44-14-8-11-17-50(44)56(2,3)53(47)33-37)30-40(32-43)38-23-28-48-45-15-9-12-18-51(45)57(4,5)54(48)34-38/h8-35H,1-7H3. The van der Waals surface area contributed by atoms with Gasteiger partial charge in [0.05, 0.1) is 0 Å². The Balaban J connectivity index is 1.13. The normalized spacial score (nSPS) is 15.4. The molecule has 0 fully saturated rings. The van der Waals surface area contributed by atoms with Gasteiger partial charge in [-0.2, -0.15) is 0 Å². The molecule has 59 heavy (non-hydrogen) atoms. The second kappa shape index (κ2) is 12.5. The minimum atomic E-state index is -0.114. The van der Waals surface area contributed by atoms with E-state index in [0.29, 0.717) is 0 Å². The maximum Gasteiger partial charge on any atom is 0.0473 e. The zero-order valence-corrected chi connectivity index (χ0v) is 35.1. The number of rotatable bonds is 5. The summed E-state index contributed by atoms with van der Waals surface area (Å²) in [6.07, 6.45) is 0. The molecule has 286 valence electrons. The zero-order chi connectivity index (χ0) is 40.4. The summed E-state index contributed by atoms with van der Waals surface area (Å²) in [4.78, 5) is 2.48. The third-order valence-electron chi connectivity index (χ3n) is 14.1. The summed E-state index contributed by atoms with van der Waals surface area (Å²) in [6.45, 7) is 16.4. The van der Waals surface area contributed by atoms with E-state index in [4.69, 9.17) is 0 Å². The predicted octanol–water partition coefficient (Wildman–Crippen LogP) is 15.7. The lowest BCUT2D eigenvalue weighted by Crippen LogP contribution is -2.16. The maximum atomic E-state index is 2.48. The monoisotopic (exact) mass is 759 g/mol. The molecule has 0 radical (unpaired) electrons. The molecule has 0 saturated heterocycles. The van der Waals surface area contributed by atoms with Crippen LogP contribution < -0.4 is 4.90 Å². The van der Waals surface area contributed by atoms with Gasteiger partial charge in [0.25, 0.3) is 0 Å². The molecule has 11 rings (SSSR count). The summed E-state index contributed by atoms with van der Waals surface area (Å²) in [5.41, 5.74) is 25.7. The van der Waals surface area contributed by atoms with Gasteiger partial charge >= 0.3 is 0 Å². The fraction of sp³-hybridized carbons (Fsp3) is 0.172. The van der Waals surface area contributed by atoms with Gasteiger partial charge in [0.15, 0.2) is 0 Å². The van der Waals surface area contributed by atoms with Gasteiger partial charge in [-0.1, -0.05) is 162 Å². The van der Waals surface area contributed by atoms with Crippen molar-refractivity contribution in [1.29, 1.82) is 0 Å². The molecule has 0 amide bonds. The van der Waals surface area contributed by atoms with E-state index in [2.05, 4.69) is 223 Å². The maximum absolute atomic E-state index is 2.48. The zero-order valence-electron chi connectivity index (χ0n) is 35.1. The van der Waals surface area contributed by atoms with Crippen molar-refractivity contribution >= 4 is 17.1 Å². The van der Waals surface area contributed by atoms with Crippen LogP contribution in [0.25, 0.3) is 55.6 Å². The highest BCUT2D eigenvalue weighted by Gasteiger charge is 2.38. The lowest BCUT2D eigenvalue weighted by Gasteiger charge is -2.29. The van der Waals surface area contributed by atoms with E-state index in [1.165, 1.54) is 94.6 Å². The number of hydrogen-bond acceptors (Lipinski definition) is 1. The van der Waals surface area contributed by atoms with Crippen LogP contribution in [0.15, 0.2) is 170 Å². The van der Waals surface area contributed by atoms with Crippen LogP contribution in [0.3, 0.4) is 0 Å². The smallest absolute Gasteiger partial charge is 0.0473 e. The van der Waals surface area contributed by atoms with Crippen LogP contribution in [0.1, 0.15) is 80.5 Å². The van der Waals surface area contributed by atoms with E-state index in [9.17, 15) is 0 Å². The Morgan fingerprint density at radius 2 is 0.661 bits per heavy atom. The van der Waals surface area contributed by atoms with Gasteiger partial charge in [-0.15, -0.1) is 0 Å². The summed E-state index contributed by atoms with van der Waals surface area (Å²) in [6, 6.07) is 64.5.